The molecule has 3 amide bonds. The van der Waals surface area contributed by atoms with Crippen LogP contribution in [0.4, 0.5) is 19.0 Å². The Morgan fingerprint density at radius 3 is 2.30 bits per heavy atom. The summed E-state index contributed by atoms with van der Waals surface area (Å²) < 4.78 is 47.4. The highest BCUT2D eigenvalue weighted by Gasteiger charge is 2.49. The number of imide groups is 1. The van der Waals surface area contributed by atoms with Gasteiger partial charge in [-0.1, -0.05) is 31.4 Å². The van der Waals surface area contributed by atoms with Crippen molar-refractivity contribution in [1.29, 1.82) is 0 Å². The minimum atomic E-state index is -3.26. The minimum Gasteiger partial charge on any atom is -0.312 e. The van der Waals surface area contributed by atoms with Crippen molar-refractivity contribution in [3.05, 3.63) is 77.1 Å². The van der Waals surface area contributed by atoms with E-state index in [9.17, 15) is 23.2 Å². The van der Waals surface area contributed by atoms with Gasteiger partial charge < -0.3 is 9.72 Å². The van der Waals surface area contributed by atoms with Crippen LogP contribution in [-0.2, 0) is 4.79 Å². The average molecular weight is 588 g/mol. The molecule has 0 bridgehead atoms. The van der Waals surface area contributed by atoms with Crippen LogP contribution in [-0.4, -0.2) is 47.7 Å². The fraction of sp³-hybridized carbons (Fsp3) is 0.267. The standard InChI is InChI=1S/C27H18F3N7O3.C3H6/c28-22-20(25(29)30)19(16-9-36-10-17(32-11-38)34-18(36)8-31-16)15-7-33-35-23(15)21(22)24(12-5-6-12)37-26(39)13-3-1-2-4-14(13)27(37)40;1-2-3-1/h1-4,7-12,24-25H,5-6H2,(H,32,38)(H,33,35);1-3H2. The van der Waals surface area contributed by atoms with E-state index in [0.717, 1.165) is 4.90 Å². The van der Waals surface area contributed by atoms with Gasteiger partial charge >= 0.3 is 0 Å². The van der Waals surface area contributed by atoms with Gasteiger partial charge in [-0.25, -0.2) is 18.2 Å². The third-order valence-corrected chi connectivity index (χ3v) is 7.76. The maximum absolute atomic E-state index is 16.5. The van der Waals surface area contributed by atoms with Crippen molar-refractivity contribution in [2.75, 3.05) is 5.32 Å². The van der Waals surface area contributed by atoms with Gasteiger partial charge in [0.25, 0.3) is 18.2 Å². The number of rotatable bonds is 7. The van der Waals surface area contributed by atoms with E-state index in [4.69, 9.17) is 0 Å². The minimum absolute atomic E-state index is 0.0124. The number of carbonyl (C=O) groups excluding carboxylic acids is 3. The van der Waals surface area contributed by atoms with Crippen molar-refractivity contribution in [3.8, 4) is 11.3 Å². The number of imidazole rings is 1. The van der Waals surface area contributed by atoms with Gasteiger partial charge in [0.2, 0.25) is 6.41 Å². The lowest BCUT2D eigenvalue weighted by Gasteiger charge is -2.28. The van der Waals surface area contributed by atoms with Gasteiger partial charge in [0.1, 0.15) is 5.82 Å². The molecule has 1 aliphatic heterocycles. The quantitative estimate of drug-likeness (QED) is 0.182. The van der Waals surface area contributed by atoms with Crippen molar-refractivity contribution in [1.82, 2.24) is 29.5 Å². The smallest absolute Gasteiger partial charge is 0.267 e. The molecule has 3 aromatic heterocycles. The summed E-state index contributed by atoms with van der Waals surface area (Å²) in [5.74, 6) is -2.51. The van der Waals surface area contributed by atoms with Gasteiger partial charge in [-0.05, 0) is 30.9 Å². The van der Waals surface area contributed by atoms with E-state index in [1.807, 2.05) is 0 Å². The second-order valence-electron chi connectivity index (χ2n) is 10.8. The molecule has 2 fully saturated rings. The summed E-state index contributed by atoms with van der Waals surface area (Å²) in [7, 11) is 0. The summed E-state index contributed by atoms with van der Waals surface area (Å²) in [5, 5.41) is 9.31. The molecule has 0 radical (unpaired) electrons. The molecule has 2 aromatic carbocycles. The fourth-order valence-electron chi connectivity index (χ4n) is 5.56. The number of nitrogens with zero attached hydrogens (tertiary/aromatic N) is 5. The molecule has 1 atom stereocenters. The maximum Gasteiger partial charge on any atom is 0.267 e. The number of aromatic amines is 1. The van der Waals surface area contributed by atoms with E-state index in [1.165, 1.54) is 60.6 Å². The van der Waals surface area contributed by atoms with E-state index < -0.39 is 35.7 Å². The highest BCUT2D eigenvalue weighted by molar-refractivity contribution is 6.21. The normalized spacial score (nSPS) is 16.4. The summed E-state index contributed by atoms with van der Waals surface area (Å²) in [6.45, 7) is 0. The molecule has 13 heteroatoms. The van der Waals surface area contributed by atoms with Crippen LogP contribution in [0.1, 0.15) is 76.4 Å². The van der Waals surface area contributed by atoms with Crippen LogP contribution < -0.4 is 5.32 Å². The topological polar surface area (TPSA) is 125 Å². The molecule has 0 saturated heterocycles. The van der Waals surface area contributed by atoms with Crippen molar-refractivity contribution in [2.24, 2.45) is 5.92 Å². The lowest BCUT2D eigenvalue weighted by molar-refractivity contribution is -0.105. The van der Waals surface area contributed by atoms with Gasteiger partial charge in [-0.15, -0.1) is 0 Å². The van der Waals surface area contributed by atoms with Gasteiger partial charge in [0.05, 0.1) is 52.5 Å². The molecule has 43 heavy (non-hydrogen) atoms. The van der Waals surface area contributed by atoms with Crippen molar-refractivity contribution in [2.45, 2.75) is 44.6 Å². The maximum atomic E-state index is 16.5. The van der Waals surface area contributed by atoms with Crippen LogP contribution >= 0.6 is 0 Å². The number of H-pyrrole nitrogens is 1. The van der Waals surface area contributed by atoms with Crippen molar-refractivity contribution < 1.29 is 27.6 Å². The summed E-state index contributed by atoms with van der Waals surface area (Å²) in [6, 6.07) is 5.17. The van der Waals surface area contributed by atoms with Crippen molar-refractivity contribution in [3.63, 3.8) is 0 Å². The first-order chi connectivity index (χ1) is 20.9. The molecule has 218 valence electrons. The molecular weight excluding hydrogens is 563 g/mol. The average Bonchev–Trinajstić information content (AvgIpc) is 3.94. The molecule has 2 saturated carbocycles. The fourth-order valence-corrected chi connectivity index (χ4v) is 5.56. The van der Waals surface area contributed by atoms with E-state index in [-0.39, 0.29) is 50.6 Å². The van der Waals surface area contributed by atoms with Crippen LogP contribution in [0.25, 0.3) is 27.8 Å². The van der Waals surface area contributed by atoms with Crippen LogP contribution in [0.3, 0.4) is 0 Å². The lowest BCUT2D eigenvalue weighted by atomic mass is 9.90. The second-order valence-corrected chi connectivity index (χ2v) is 10.8. The molecule has 1 unspecified atom stereocenters. The molecular formula is C30H24F3N7O3. The lowest BCUT2D eigenvalue weighted by Crippen LogP contribution is -2.36. The molecule has 4 heterocycles. The second kappa shape index (κ2) is 10.3. The van der Waals surface area contributed by atoms with E-state index >= 15 is 4.39 Å². The highest BCUT2D eigenvalue weighted by Crippen LogP contribution is 2.51. The van der Waals surface area contributed by atoms with Crippen LogP contribution in [0.15, 0.2) is 49.1 Å². The first-order valence-corrected chi connectivity index (χ1v) is 13.9. The molecule has 0 spiro atoms. The summed E-state index contributed by atoms with van der Waals surface area (Å²) in [6.07, 6.45) is 8.33. The Kier molecular flexibility index (Phi) is 6.44. The number of benzene rings is 2. The zero-order chi connectivity index (χ0) is 29.8. The highest BCUT2D eigenvalue weighted by atomic mass is 19.3. The zero-order valence-corrected chi connectivity index (χ0v) is 22.6. The number of alkyl halides is 2. The first kappa shape index (κ1) is 26.8. The Morgan fingerprint density at radius 1 is 1.00 bits per heavy atom. The summed E-state index contributed by atoms with van der Waals surface area (Å²) >= 11 is 0. The molecule has 5 aromatic rings. The number of hydrogen-bond donors (Lipinski definition) is 2. The number of anilines is 1. The largest absolute Gasteiger partial charge is 0.312 e. The van der Waals surface area contributed by atoms with E-state index in [1.54, 1.807) is 12.1 Å². The number of fused-ring (bicyclic) bond motifs is 3. The van der Waals surface area contributed by atoms with Gasteiger partial charge in [0, 0.05) is 22.7 Å². The summed E-state index contributed by atoms with van der Waals surface area (Å²) in [5.41, 5.74) is -0.490. The van der Waals surface area contributed by atoms with Crippen molar-refractivity contribution >= 4 is 40.6 Å². The number of aromatic nitrogens is 5. The molecule has 2 N–H and O–H groups in total. The Hall–Kier alpha value is -5.07. The third kappa shape index (κ3) is 4.51. The van der Waals surface area contributed by atoms with E-state index in [0.29, 0.717) is 24.9 Å². The van der Waals surface area contributed by atoms with Gasteiger partial charge in [-0.2, -0.15) is 5.10 Å². The number of nitrogens with one attached hydrogen (secondary N) is 2. The van der Waals surface area contributed by atoms with Crippen LogP contribution in [0.2, 0.25) is 0 Å². The number of amides is 3. The molecule has 3 aliphatic rings. The monoisotopic (exact) mass is 587 g/mol. The predicted octanol–water partition coefficient (Wildman–Crippen LogP) is 5.84. The molecule has 10 nitrogen and oxygen atoms in total. The third-order valence-electron chi connectivity index (χ3n) is 7.76. The Bertz CT molecular complexity index is 1890. The van der Waals surface area contributed by atoms with Crippen LogP contribution in [0, 0.1) is 11.7 Å². The first-order valence-electron chi connectivity index (χ1n) is 13.9. The number of halogens is 3. The van der Waals surface area contributed by atoms with Gasteiger partial charge in [-0.3, -0.25) is 29.4 Å². The molecule has 2 aliphatic carbocycles. The number of carbonyl (C=O) groups is 3. The summed E-state index contributed by atoms with van der Waals surface area (Å²) in [4.78, 5) is 47.0. The van der Waals surface area contributed by atoms with Crippen LogP contribution in [0.5, 0.6) is 0 Å². The number of hydrogen-bond acceptors (Lipinski definition) is 6. The SMILES string of the molecule is C1CC1.O=CNc1cn2cc(-c3c(C(F)F)c(F)c(C(C4CC4)N4C(=O)c5ccccc5C4=O)c4[nH]ncc34)ncc2n1. The Labute approximate surface area is 241 Å². The zero-order valence-electron chi connectivity index (χ0n) is 22.6. The van der Waals surface area contributed by atoms with Gasteiger partial charge in [0.15, 0.2) is 11.5 Å². The van der Waals surface area contributed by atoms with E-state index in [2.05, 4.69) is 25.5 Å². The Morgan fingerprint density at radius 2 is 1.70 bits per heavy atom. The Balaban J connectivity index is 0.000000944. The molecule has 8 rings (SSSR count). The predicted molar refractivity (Wildman–Crippen MR) is 149 cm³/mol.